The highest BCUT2D eigenvalue weighted by Crippen LogP contribution is 2.42. The zero-order chi connectivity index (χ0) is 22.9. The Morgan fingerprint density at radius 2 is 2.06 bits per heavy atom. The zero-order valence-corrected chi connectivity index (χ0v) is 18.6. The van der Waals surface area contributed by atoms with Gasteiger partial charge >= 0.3 is 0 Å². The summed E-state index contributed by atoms with van der Waals surface area (Å²) in [6.07, 6.45) is 3.98. The lowest BCUT2D eigenvalue weighted by Crippen LogP contribution is -2.31. The zero-order valence-electron chi connectivity index (χ0n) is 18.6. The van der Waals surface area contributed by atoms with E-state index >= 15 is 0 Å². The van der Waals surface area contributed by atoms with Crippen LogP contribution in [0.5, 0.6) is 11.5 Å². The van der Waals surface area contributed by atoms with Gasteiger partial charge in [0.2, 0.25) is 0 Å². The van der Waals surface area contributed by atoms with Crippen LogP contribution in [0.15, 0.2) is 36.7 Å². The average molecular weight is 439 g/mol. The Morgan fingerprint density at radius 3 is 2.81 bits per heavy atom. The SMILES string of the molecule is COc1c(F)cccc1Nc1c(-c2ccncc2OCC(C)(C)C)[nH]c2c1C(=O)NCC2. The molecule has 3 N–H and O–H groups in total. The summed E-state index contributed by atoms with van der Waals surface area (Å²) in [5, 5.41) is 6.12. The summed E-state index contributed by atoms with van der Waals surface area (Å²) in [5.74, 6) is -0.0249. The van der Waals surface area contributed by atoms with Gasteiger partial charge < -0.3 is 25.1 Å². The molecule has 7 nitrogen and oxygen atoms in total. The molecule has 0 unspecified atom stereocenters. The number of hydrogen-bond acceptors (Lipinski definition) is 5. The van der Waals surface area contributed by atoms with Crippen molar-refractivity contribution in [3.05, 3.63) is 53.7 Å². The Hall–Kier alpha value is -3.55. The van der Waals surface area contributed by atoms with Gasteiger partial charge in [-0.1, -0.05) is 26.8 Å². The minimum absolute atomic E-state index is 0.0437. The van der Waals surface area contributed by atoms with Crippen LogP contribution in [0.2, 0.25) is 0 Å². The normalized spacial score (nSPS) is 13.3. The standard InChI is InChI=1S/C24H27FN4O3/c1-24(2,3)13-32-18-12-26-10-8-14(18)20-21(19-16(28-20)9-11-27-23(19)30)29-17-7-5-6-15(25)22(17)31-4/h5-8,10,12,28-29H,9,11,13H2,1-4H3,(H,27,30). The minimum Gasteiger partial charge on any atom is -0.492 e. The summed E-state index contributed by atoms with van der Waals surface area (Å²) in [6, 6.07) is 6.45. The maximum atomic E-state index is 14.3. The van der Waals surface area contributed by atoms with Gasteiger partial charge in [0.15, 0.2) is 11.6 Å². The van der Waals surface area contributed by atoms with Crippen LogP contribution in [0.1, 0.15) is 36.8 Å². The van der Waals surface area contributed by atoms with Gasteiger partial charge in [-0.25, -0.2) is 4.39 Å². The van der Waals surface area contributed by atoms with Crippen LogP contribution in [0.4, 0.5) is 15.8 Å². The Kier molecular flexibility index (Phi) is 5.78. The van der Waals surface area contributed by atoms with Crippen molar-refractivity contribution in [2.24, 2.45) is 5.41 Å². The number of ether oxygens (including phenoxy) is 2. The van der Waals surface area contributed by atoms with Crippen LogP contribution in [-0.4, -0.2) is 36.1 Å². The first-order valence-corrected chi connectivity index (χ1v) is 10.5. The quantitative estimate of drug-likeness (QED) is 0.520. The van der Waals surface area contributed by atoms with Crippen molar-refractivity contribution in [3.63, 3.8) is 0 Å². The molecule has 1 aliphatic rings. The molecule has 0 radical (unpaired) electrons. The van der Waals surface area contributed by atoms with E-state index in [0.29, 0.717) is 48.0 Å². The van der Waals surface area contributed by atoms with E-state index in [1.54, 1.807) is 24.5 Å². The molecular weight excluding hydrogens is 411 g/mol. The molecule has 3 aromatic rings. The number of anilines is 2. The molecular formula is C24H27FN4O3. The highest BCUT2D eigenvalue weighted by Gasteiger charge is 2.29. The largest absolute Gasteiger partial charge is 0.492 e. The first kappa shape index (κ1) is 21.7. The van der Waals surface area contributed by atoms with Gasteiger partial charge in [-0.2, -0.15) is 0 Å². The van der Waals surface area contributed by atoms with Crippen LogP contribution in [0, 0.1) is 11.2 Å². The van der Waals surface area contributed by atoms with Gasteiger partial charge in [0.05, 0.1) is 42.5 Å². The molecule has 0 fully saturated rings. The van der Waals surface area contributed by atoms with Crippen molar-refractivity contribution < 1.29 is 18.7 Å². The Bertz CT molecular complexity index is 1150. The predicted molar refractivity (Wildman–Crippen MR) is 121 cm³/mol. The highest BCUT2D eigenvalue weighted by molar-refractivity contribution is 6.06. The van der Waals surface area contributed by atoms with E-state index in [-0.39, 0.29) is 17.1 Å². The number of carbonyl (C=O) groups is 1. The molecule has 0 saturated carbocycles. The number of benzene rings is 1. The smallest absolute Gasteiger partial charge is 0.255 e. The number of nitrogens with one attached hydrogen (secondary N) is 3. The number of rotatable bonds is 6. The molecule has 4 rings (SSSR count). The first-order chi connectivity index (χ1) is 15.3. The third kappa shape index (κ3) is 4.26. The molecule has 168 valence electrons. The van der Waals surface area contributed by atoms with Crippen molar-refractivity contribution in [3.8, 4) is 22.8 Å². The number of halogens is 1. The van der Waals surface area contributed by atoms with Crippen LogP contribution >= 0.6 is 0 Å². The number of para-hydroxylation sites is 1. The van der Waals surface area contributed by atoms with E-state index in [9.17, 15) is 9.18 Å². The molecule has 0 atom stereocenters. The third-order valence-electron chi connectivity index (χ3n) is 5.11. The van der Waals surface area contributed by atoms with Crippen molar-refractivity contribution in [1.29, 1.82) is 0 Å². The topological polar surface area (TPSA) is 88.3 Å². The van der Waals surface area contributed by atoms with Crippen molar-refractivity contribution in [1.82, 2.24) is 15.3 Å². The number of aromatic nitrogens is 2. The lowest BCUT2D eigenvalue weighted by molar-refractivity contribution is 0.0947. The molecule has 1 aromatic carbocycles. The summed E-state index contributed by atoms with van der Waals surface area (Å²) in [6.45, 7) is 7.29. The Labute approximate surface area is 186 Å². The van der Waals surface area contributed by atoms with Crippen molar-refractivity contribution in [2.75, 3.05) is 25.6 Å². The summed E-state index contributed by atoms with van der Waals surface area (Å²) < 4.78 is 25.7. The van der Waals surface area contributed by atoms with Crippen molar-refractivity contribution in [2.45, 2.75) is 27.2 Å². The summed E-state index contributed by atoms with van der Waals surface area (Å²) >= 11 is 0. The molecule has 0 bridgehead atoms. The fourth-order valence-electron chi connectivity index (χ4n) is 3.65. The van der Waals surface area contributed by atoms with Gasteiger partial charge in [0, 0.05) is 30.4 Å². The number of H-pyrrole nitrogens is 1. The lowest BCUT2D eigenvalue weighted by atomic mass is 9.98. The molecule has 32 heavy (non-hydrogen) atoms. The average Bonchev–Trinajstić information content (AvgIpc) is 3.11. The molecule has 0 aliphatic carbocycles. The van der Waals surface area contributed by atoms with Gasteiger partial charge in [-0.3, -0.25) is 9.78 Å². The molecule has 0 saturated heterocycles. The van der Waals surface area contributed by atoms with Crippen LogP contribution in [0.3, 0.4) is 0 Å². The van der Waals surface area contributed by atoms with Crippen LogP contribution < -0.4 is 20.1 Å². The second kappa shape index (κ2) is 8.53. The Morgan fingerprint density at radius 1 is 1.25 bits per heavy atom. The van der Waals surface area contributed by atoms with Gasteiger partial charge in [0.25, 0.3) is 5.91 Å². The fourth-order valence-corrected chi connectivity index (χ4v) is 3.65. The van der Waals surface area contributed by atoms with Crippen LogP contribution in [-0.2, 0) is 6.42 Å². The number of pyridine rings is 1. The highest BCUT2D eigenvalue weighted by atomic mass is 19.1. The predicted octanol–water partition coefficient (Wildman–Crippen LogP) is 4.68. The van der Waals surface area contributed by atoms with Gasteiger partial charge in [0.1, 0.15) is 5.75 Å². The van der Waals surface area contributed by atoms with Crippen molar-refractivity contribution >= 4 is 17.3 Å². The number of fused-ring (bicyclic) bond motifs is 1. The second-order valence-electron chi connectivity index (χ2n) is 8.90. The number of amides is 1. The number of aromatic amines is 1. The first-order valence-electron chi connectivity index (χ1n) is 10.5. The summed E-state index contributed by atoms with van der Waals surface area (Å²) in [4.78, 5) is 20.4. The van der Waals surface area contributed by atoms with Gasteiger partial charge in [-0.15, -0.1) is 0 Å². The van der Waals surface area contributed by atoms with E-state index in [1.807, 2.05) is 6.07 Å². The van der Waals surface area contributed by atoms with E-state index in [4.69, 9.17) is 9.47 Å². The van der Waals surface area contributed by atoms with E-state index in [0.717, 1.165) is 11.3 Å². The monoisotopic (exact) mass is 438 g/mol. The molecule has 8 heteroatoms. The minimum atomic E-state index is -0.494. The van der Waals surface area contributed by atoms with Gasteiger partial charge in [-0.05, 0) is 23.6 Å². The molecule has 1 aliphatic heterocycles. The van der Waals surface area contributed by atoms with E-state index in [2.05, 4.69) is 41.4 Å². The number of nitrogens with zero attached hydrogens (tertiary/aromatic N) is 1. The fraction of sp³-hybridized carbons (Fsp3) is 0.333. The second-order valence-corrected chi connectivity index (χ2v) is 8.90. The molecule has 1 amide bonds. The lowest BCUT2D eigenvalue weighted by Gasteiger charge is -2.20. The van der Waals surface area contributed by atoms with E-state index in [1.165, 1.54) is 13.2 Å². The number of carbonyl (C=O) groups excluding carboxylic acids is 1. The Balaban J connectivity index is 1.85. The molecule has 0 spiro atoms. The molecule has 2 aromatic heterocycles. The maximum Gasteiger partial charge on any atom is 0.255 e. The number of hydrogen-bond donors (Lipinski definition) is 3. The van der Waals surface area contributed by atoms with E-state index < -0.39 is 5.82 Å². The van der Waals surface area contributed by atoms with Crippen LogP contribution in [0.25, 0.3) is 11.3 Å². The third-order valence-corrected chi connectivity index (χ3v) is 5.11. The summed E-state index contributed by atoms with van der Waals surface area (Å²) in [7, 11) is 1.41. The molecule has 3 heterocycles. The summed E-state index contributed by atoms with van der Waals surface area (Å²) in [5.41, 5.74) is 3.64. The maximum absolute atomic E-state index is 14.3. The number of methoxy groups -OCH3 is 1.